The minimum absolute atomic E-state index is 0.362. The summed E-state index contributed by atoms with van der Waals surface area (Å²) in [7, 11) is 0. The SMILES string of the molecule is OC(CCc1ccco1)Cc1cccc(Cl)c1. The molecule has 1 aromatic heterocycles. The van der Waals surface area contributed by atoms with E-state index in [9.17, 15) is 5.11 Å². The molecule has 3 heteroatoms. The summed E-state index contributed by atoms with van der Waals surface area (Å²) in [5, 5.41) is 10.6. The zero-order valence-corrected chi connectivity index (χ0v) is 10.2. The third-order valence-electron chi connectivity index (χ3n) is 2.66. The van der Waals surface area contributed by atoms with Gasteiger partial charge in [0, 0.05) is 11.4 Å². The molecule has 2 rings (SSSR count). The van der Waals surface area contributed by atoms with Gasteiger partial charge in [0.25, 0.3) is 0 Å². The van der Waals surface area contributed by atoms with Crippen LogP contribution in [0.5, 0.6) is 0 Å². The molecule has 2 aromatic rings. The van der Waals surface area contributed by atoms with Gasteiger partial charge in [-0.25, -0.2) is 0 Å². The average Bonchev–Trinajstić information content (AvgIpc) is 2.79. The Morgan fingerprint density at radius 3 is 2.82 bits per heavy atom. The summed E-state index contributed by atoms with van der Waals surface area (Å²) in [6.07, 6.45) is 3.37. The monoisotopic (exact) mass is 250 g/mol. The Kier molecular flexibility index (Phi) is 4.24. The van der Waals surface area contributed by atoms with Crippen LogP contribution in [0.3, 0.4) is 0 Å². The van der Waals surface area contributed by atoms with Crippen LogP contribution in [-0.2, 0) is 12.8 Å². The van der Waals surface area contributed by atoms with Gasteiger partial charge in [0.15, 0.2) is 0 Å². The van der Waals surface area contributed by atoms with Crippen molar-refractivity contribution >= 4 is 11.6 Å². The second-order valence-electron chi connectivity index (χ2n) is 4.11. The molecule has 0 bridgehead atoms. The lowest BCUT2D eigenvalue weighted by Gasteiger charge is -2.09. The highest BCUT2D eigenvalue weighted by Gasteiger charge is 2.07. The minimum atomic E-state index is -0.362. The number of furan rings is 1. The number of aliphatic hydroxyl groups is 1. The van der Waals surface area contributed by atoms with Crippen LogP contribution < -0.4 is 0 Å². The van der Waals surface area contributed by atoms with Gasteiger partial charge in [-0.3, -0.25) is 0 Å². The molecule has 1 aromatic carbocycles. The van der Waals surface area contributed by atoms with E-state index in [1.165, 1.54) is 0 Å². The summed E-state index contributed by atoms with van der Waals surface area (Å²) in [5.74, 6) is 0.912. The second-order valence-corrected chi connectivity index (χ2v) is 4.54. The van der Waals surface area contributed by atoms with Gasteiger partial charge < -0.3 is 9.52 Å². The van der Waals surface area contributed by atoms with Crippen LogP contribution >= 0.6 is 11.6 Å². The number of benzene rings is 1. The van der Waals surface area contributed by atoms with E-state index in [2.05, 4.69) is 0 Å². The van der Waals surface area contributed by atoms with Crippen molar-refractivity contribution in [2.24, 2.45) is 0 Å². The first-order valence-corrected chi connectivity index (χ1v) is 6.07. The molecule has 2 nitrogen and oxygen atoms in total. The molecule has 1 N–H and O–H groups in total. The lowest BCUT2D eigenvalue weighted by atomic mass is 10.0. The molecule has 0 aliphatic carbocycles. The average molecular weight is 251 g/mol. The van der Waals surface area contributed by atoms with Gasteiger partial charge in [-0.2, -0.15) is 0 Å². The van der Waals surface area contributed by atoms with Crippen molar-refractivity contribution in [2.75, 3.05) is 0 Å². The van der Waals surface area contributed by atoms with Gasteiger partial charge in [-0.15, -0.1) is 0 Å². The molecule has 0 spiro atoms. The van der Waals surface area contributed by atoms with Gasteiger partial charge in [0.1, 0.15) is 5.76 Å². The summed E-state index contributed by atoms with van der Waals surface area (Å²) in [6, 6.07) is 11.4. The predicted octanol–water partition coefficient (Wildman–Crippen LogP) is 3.47. The fraction of sp³-hybridized carbons (Fsp3) is 0.286. The second kappa shape index (κ2) is 5.89. The molecule has 90 valence electrons. The lowest BCUT2D eigenvalue weighted by molar-refractivity contribution is 0.163. The Morgan fingerprint density at radius 1 is 1.24 bits per heavy atom. The van der Waals surface area contributed by atoms with Crippen LogP contribution in [0.2, 0.25) is 5.02 Å². The number of halogens is 1. The Hall–Kier alpha value is -1.25. The smallest absolute Gasteiger partial charge is 0.103 e. The first-order valence-electron chi connectivity index (χ1n) is 5.69. The van der Waals surface area contributed by atoms with Crippen LogP contribution in [0.25, 0.3) is 0 Å². The predicted molar refractivity (Wildman–Crippen MR) is 68.2 cm³/mol. The summed E-state index contributed by atoms with van der Waals surface area (Å²) >= 11 is 5.89. The zero-order valence-electron chi connectivity index (χ0n) is 9.47. The molecule has 0 aliphatic heterocycles. The van der Waals surface area contributed by atoms with E-state index < -0.39 is 0 Å². The number of hydrogen-bond donors (Lipinski definition) is 1. The van der Waals surface area contributed by atoms with Crippen LogP contribution in [0.1, 0.15) is 17.7 Å². The Balaban J connectivity index is 1.83. The van der Waals surface area contributed by atoms with Crippen LogP contribution in [0, 0.1) is 0 Å². The Bertz CT molecular complexity index is 451. The largest absolute Gasteiger partial charge is 0.469 e. The molecule has 1 heterocycles. The third kappa shape index (κ3) is 3.91. The summed E-state index contributed by atoms with van der Waals surface area (Å²) in [6.45, 7) is 0. The number of hydrogen-bond acceptors (Lipinski definition) is 2. The number of aliphatic hydroxyl groups excluding tert-OH is 1. The highest BCUT2D eigenvalue weighted by molar-refractivity contribution is 6.30. The van der Waals surface area contributed by atoms with E-state index in [-0.39, 0.29) is 6.10 Å². The van der Waals surface area contributed by atoms with Gasteiger partial charge in [-0.05, 0) is 42.7 Å². The third-order valence-corrected chi connectivity index (χ3v) is 2.90. The van der Waals surface area contributed by atoms with Gasteiger partial charge >= 0.3 is 0 Å². The number of rotatable bonds is 5. The summed E-state index contributed by atoms with van der Waals surface area (Å²) in [5.41, 5.74) is 1.06. The van der Waals surface area contributed by atoms with Gasteiger partial charge in [0.05, 0.1) is 12.4 Å². The molecular formula is C14H15ClO2. The standard InChI is InChI=1S/C14H15ClO2/c15-12-4-1-3-11(9-12)10-13(16)6-7-14-5-2-8-17-14/h1-5,8-9,13,16H,6-7,10H2. The zero-order chi connectivity index (χ0) is 12.1. The van der Waals surface area contributed by atoms with E-state index >= 15 is 0 Å². The van der Waals surface area contributed by atoms with Crippen molar-refractivity contribution < 1.29 is 9.52 Å². The van der Waals surface area contributed by atoms with Crippen molar-refractivity contribution in [2.45, 2.75) is 25.4 Å². The quantitative estimate of drug-likeness (QED) is 0.882. The minimum Gasteiger partial charge on any atom is -0.469 e. The fourth-order valence-corrected chi connectivity index (χ4v) is 2.01. The first-order chi connectivity index (χ1) is 8.24. The van der Waals surface area contributed by atoms with Crippen molar-refractivity contribution in [1.29, 1.82) is 0 Å². The van der Waals surface area contributed by atoms with E-state index in [1.807, 2.05) is 36.4 Å². The molecule has 0 radical (unpaired) electrons. The fourth-order valence-electron chi connectivity index (χ4n) is 1.80. The van der Waals surface area contributed by atoms with Gasteiger partial charge in [-0.1, -0.05) is 23.7 Å². The molecule has 0 saturated carbocycles. The molecule has 0 fully saturated rings. The highest BCUT2D eigenvalue weighted by Crippen LogP contribution is 2.14. The van der Waals surface area contributed by atoms with Crippen molar-refractivity contribution in [3.05, 3.63) is 59.0 Å². The highest BCUT2D eigenvalue weighted by atomic mass is 35.5. The number of aryl methyl sites for hydroxylation is 1. The molecule has 0 saturated heterocycles. The van der Waals surface area contributed by atoms with Gasteiger partial charge in [0.2, 0.25) is 0 Å². The van der Waals surface area contributed by atoms with Crippen molar-refractivity contribution in [3.8, 4) is 0 Å². The molecular weight excluding hydrogens is 236 g/mol. The summed E-state index contributed by atoms with van der Waals surface area (Å²) in [4.78, 5) is 0. The van der Waals surface area contributed by atoms with E-state index in [4.69, 9.17) is 16.0 Å². The first kappa shape index (κ1) is 12.2. The maximum Gasteiger partial charge on any atom is 0.103 e. The lowest BCUT2D eigenvalue weighted by Crippen LogP contribution is -2.11. The molecule has 17 heavy (non-hydrogen) atoms. The van der Waals surface area contributed by atoms with Crippen LogP contribution in [0.4, 0.5) is 0 Å². The Morgan fingerprint density at radius 2 is 2.12 bits per heavy atom. The van der Waals surface area contributed by atoms with E-state index in [0.717, 1.165) is 17.7 Å². The van der Waals surface area contributed by atoms with Crippen molar-refractivity contribution in [1.82, 2.24) is 0 Å². The summed E-state index contributed by atoms with van der Waals surface area (Å²) < 4.78 is 5.22. The van der Waals surface area contributed by atoms with E-state index in [1.54, 1.807) is 6.26 Å². The van der Waals surface area contributed by atoms with Crippen molar-refractivity contribution in [3.63, 3.8) is 0 Å². The normalized spacial score (nSPS) is 12.6. The maximum absolute atomic E-state index is 9.91. The molecule has 0 aliphatic rings. The molecule has 1 unspecified atom stereocenters. The molecule has 1 atom stereocenters. The van der Waals surface area contributed by atoms with E-state index in [0.29, 0.717) is 17.9 Å². The maximum atomic E-state index is 9.91. The van der Waals surface area contributed by atoms with Crippen LogP contribution in [-0.4, -0.2) is 11.2 Å². The van der Waals surface area contributed by atoms with Crippen LogP contribution in [0.15, 0.2) is 47.1 Å². The molecule has 0 amide bonds. The topological polar surface area (TPSA) is 33.4 Å². The Labute approximate surface area is 106 Å².